The molecule has 0 aliphatic carbocycles. The maximum atomic E-state index is 12.8. The first-order valence-corrected chi connectivity index (χ1v) is 13.9. The fraction of sp³-hybridized carbons (Fsp3) is 0.714. The number of methoxy groups -OCH3 is 1. The first-order valence-electron chi connectivity index (χ1n) is 13.9. The van der Waals surface area contributed by atoms with Crippen LogP contribution < -0.4 is 4.90 Å². The smallest absolute Gasteiger partial charge is 0.328 e. The second kappa shape index (κ2) is 11.9. The van der Waals surface area contributed by atoms with Gasteiger partial charge in [-0.05, 0) is 69.3 Å². The van der Waals surface area contributed by atoms with E-state index < -0.39 is 6.04 Å². The third-order valence-corrected chi connectivity index (χ3v) is 8.75. The molecule has 1 amide bonds. The van der Waals surface area contributed by atoms with E-state index in [0.717, 1.165) is 57.4 Å². The number of carbonyl (C=O) groups is 2. The van der Waals surface area contributed by atoms with Gasteiger partial charge in [0.25, 0.3) is 0 Å². The summed E-state index contributed by atoms with van der Waals surface area (Å²) in [6.07, 6.45) is 6.89. The van der Waals surface area contributed by atoms with Crippen LogP contribution in [0.3, 0.4) is 0 Å². The number of benzene rings is 1. The summed E-state index contributed by atoms with van der Waals surface area (Å²) in [5.74, 6) is -0.296. The predicted octanol–water partition coefficient (Wildman–Crippen LogP) is 2.16. The molecule has 0 N–H and O–H groups in total. The standard InChI is InChI=1S/C28H42N4O4/c1-35-28(34)26-3-2-12-32(26)27(33)21-22-4-6-23(7-5-22)29-13-8-24(9-14-29)30-15-10-25(11-16-30)31-17-19-36-20-18-31/h4-7,24-26H,2-3,8-21H2,1H3/t26-/m0/s1. The second-order valence-electron chi connectivity index (χ2n) is 10.7. The zero-order valence-electron chi connectivity index (χ0n) is 21.8. The van der Waals surface area contributed by atoms with Crippen LogP contribution in [-0.4, -0.2) is 111 Å². The van der Waals surface area contributed by atoms with Gasteiger partial charge in [0.2, 0.25) is 5.91 Å². The SMILES string of the molecule is COC(=O)[C@@H]1CCCN1C(=O)Cc1ccc(N2CCC(N3CCC(N4CCOCC4)CC3)CC2)cc1. The van der Waals surface area contributed by atoms with E-state index >= 15 is 0 Å². The zero-order valence-corrected chi connectivity index (χ0v) is 21.8. The van der Waals surface area contributed by atoms with Crippen LogP contribution in [0, 0.1) is 0 Å². The highest BCUT2D eigenvalue weighted by Crippen LogP contribution is 2.27. The minimum Gasteiger partial charge on any atom is -0.467 e. The average Bonchev–Trinajstić information content (AvgIpc) is 3.44. The van der Waals surface area contributed by atoms with Crippen molar-refractivity contribution >= 4 is 17.6 Å². The fourth-order valence-corrected chi connectivity index (χ4v) is 6.60. The summed E-state index contributed by atoms with van der Waals surface area (Å²) >= 11 is 0. The topological polar surface area (TPSA) is 65.6 Å². The fourth-order valence-electron chi connectivity index (χ4n) is 6.60. The number of morpholine rings is 1. The summed E-state index contributed by atoms with van der Waals surface area (Å²) in [6.45, 7) is 9.24. The van der Waals surface area contributed by atoms with Gasteiger partial charge in [-0.1, -0.05) is 12.1 Å². The summed E-state index contributed by atoms with van der Waals surface area (Å²) in [7, 11) is 1.39. The van der Waals surface area contributed by atoms with Gasteiger partial charge in [-0.2, -0.15) is 0 Å². The molecular formula is C28H42N4O4. The van der Waals surface area contributed by atoms with Gasteiger partial charge in [-0.3, -0.25) is 9.69 Å². The maximum Gasteiger partial charge on any atom is 0.328 e. The number of amides is 1. The molecule has 0 unspecified atom stereocenters. The Bertz CT molecular complexity index is 872. The summed E-state index contributed by atoms with van der Waals surface area (Å²) in [5, 5.41) is 0. The monoisotopic (exact) mass is 498 g/mol. The predicted molar refractivity (Wildman–Crippen MR) is 139 cm³/mol. The molecule has 4 heterocycles. The molecule has 0 aromatic heterocycles. The Morgan fingerprint density at radius 2 is 1.44 bits per heavy atom. The number of ether oxygens (including phenoxy) is 2. The number of carbonyl (C=O) groups excluding carboxylic acids is 2. The van der Waals surface area contributed by atoms with Gasteiger partial charge >= 0.3 is 5.97 Å². The minimum atomic E-state index is -0.423. The van der Waals surface area contributed by atoms with Gasteiger partial charge in [0.05, 0.1) is 26.7 Å². The molecule has 1 aromatic carbocycles. The highest BCUT2D eigenvalue weighted by atomic mass is 16.5. The van der Waals surface area contributed by atoms with Crippen LogP contribution in [0.2, 0.25) is 0 Å². The third kappa shape index (κ3) is 5.87. The molecule has 0 radical (unpaired) electrons. The van der Waals surface area contributed by atoms with Gasteiger partial charge in [0.1, 0.15) is 6.04 Å². The lowest BCUT2D eigenvalue weighted by molar-refractivity contribution is -0.150. The molecular weight excluding hydrogens is 456 g/mol. The van der Waals surface area contributed by atoms with Gasteiger partial charge < -0.3 is 24.2 Å². The van der Waals surface area contributed by atoms with Crippen molar-refractivity contribution in [3.05, 3.63) is 29.8 Å². The van der Waals surface area contributed by atoms with Gasteiger partial charge in [-0.15, -0.1) is 0 Å². The van der Waals surface area contributed by atoms with Crippen LogP contribution in [0.1, 0.15) is 44.1 Å². The molecule has 8 heteroatoms. The lowest BCUT2D eigenvalue weighted by Gasteiger charge is -2.45. The van der Waals surface area contributed by atoms with E-state index in [9.17, 15) is 9.59 Å². The normalized spacial score (nSPS) is 25.3. The number of likely N-dealkylation sites (tertiary alicyclic amines) is 2. The Morgan fingerprint density at radius 1 is 0.833 bits per heavy atom. The molecule has 36 heavy (non-hydrogen) atoms. The number of hydrogen-bond acceptors (Lipinski definition) is 7. The summed E-state index contributed by atoms with van der Waals surface area (Å²) < 4.78 is 10.4. The van der Waals surface area contributed by atoms with Crippen molar-refractivity contribution < 1.29 is 19.1 Å². The minimum absolute atomic E-state index is 0.00820. The van der Waals surface area contributed by atoms with Crippen molar-refractivity contribution in [1.29, 1.82) is 0 Å². The van der Waals surface area contributed by atoms with Gasteiger partial charge in [-0.25, -0.2) is 4.79 Å². The van der Waals surface area contributed by atoms with E-state index in [-0.39, 0.29) is 11.9 Å². The van der Waals surface area contributed by atoms with Crippen LogP contribution in [0.4, 0.5) is 5.69 Å². The molecule has 5 rings (SSSR count). The molecule has 4 fully saturated rings. The van der Waals surface area contributed by atoms with Crippen molar-refractivity contribution in [3.8, 4) is 0 Å². The summed E-state index contributed by atoms with van der Waals surface area (Å²) in [6, 6.07) is 9.46. The van der Waals surface area contributed by atoms with E-state index in [1.807, 2.05) is 0 Å². The van der Waals surface area contributed by atoms with E-state index in [0.29, 0.717) is 25.4 Å². The molecule has 0 bridgehead atoms. The molecule has 1 aromatic rings. The van der Waals surface area contributed by atoms with Crippen molar-refractivity contribution in [2.75, 3.05) is 71.0 Å². The largest absolute Gasteiger partial charge is 0.467 e. The summed E-state index contributed by atoms with van der Waals surface area (Å²) in [5.41, 5.74) is 2.24. The molecule has 1 atom stereocenters. The number of esters is 1. The lowest BCUT2D eigenvalue weighted by atomic mass is 9.96. The number of piperidine rings is 2. The molecule has 4 aliphatic heterocycles. The first-order chi connectivity index (χ1) is 17.6. The van der Waals surface area contributed by atoms with Gasteiger partial charge in [0.15, 0.2) is 0 Å². The first kappa shape index (κ1) is 25.5. The number of rotatable bonds is 6. The Kier molecular flexibility index (Phi) is 8.44. The molecule has 4 aliphatic rings. The molecule has 4 saturated heterocycles. The zero-order chi connectivity index (χ0) is 24.9. The van der Waals surface area contributed by atoms with Crippen molar-refractivity contribution in [2.45, 2.75) is 63.1 Å². The van der Waals surface area contributed by atoms with Crippen LogP contribution in [0.5, 0.6) is 0 Å². The van der Waals surface area contributed by atoms with Crippen molar-refractivity contribution in [1.82, 2.24) is 14.7 Å². The van der Waals surface area contributed by atoms with E-state index in [1.54, 1.807) is 4.90 Å². The molecule has 0 saturated carbocycles. The Balaban J connectivity index is 1.07. The number of hydrogen-bond donors (Lipinski definition) is 0. The van der Waals surface area contributed by atoms with Crippen LogP contribution in [0.15, 0.2) is 24.3 Å². The van der Waals surface area contributed by atoms with Crippen LogP contribution >= 0.6 is 0 Å². The van der Waals surface area contributed by atoms with E-state index in [4.69, 9.17) is 9.47 Å². The van der Waals surface area contributed by atoms with Gasteiger partial charge in [0, 0.05) is 50.5 Å². The Hall–Kier alpha value is -2.16. The van der Waals surface area contributed by atoms with E-state index in [2.05, 4.69) is 39.0 Å². The van der Waals surface area contributed by atoms with Crippen molar-refractivity contribution in [2.24, 2.45) is 0 Å². The molecule has 8 nitrogen and oxygen atoms in total. The van der Waals surface area contributed by atoms with E-state index in [1.165, 1.54) is 51.6 Å². The molecule has 0 spiro atoms. The number of anilines is 1. The summed E-state index contributed by atoms with van der Waals surface area (Å²) in [4.78, 5) is 34.4. The lowest BCUT2D eigenvalue weighted by Crippen LogP contribution is -2.52. The number of nitrogens with zero attached hydrogens (tertiary/aromatic N) is 4. The average molecular weight is 499 g/mol. The Labute approximate surface area is 215 Å². The maximum absolute atomic E-state index is 12.8. The quantitative estimate of drug-likeness (QED) is 0.557. The van der Waals surface area contributed by atoms with Crippen LogP contribution in [-0.2, 0) is 25.5 Å². The van der Waals surface area contributed by atoms with Crippen molar-refractivity contribution in [3.63, 3.8) is 0 Å². The highest BCUT2D eigenvalue weighted by molar-refractivity contribution is 5.86. The molecule has 198 valence electrons. The second-order valence-corrected chi connectivity index (χ2v) is 10.7. The van der Waals surface area contributed by atoms with Crippen LogP contribution in [0.25, 0.3) is 0 Å². The Morgan fingerprint density at radius 3 is 2.08 bits per heavy atom. The third-order valence-electron chi connectivity index (χ3n) is 8.75. The highest BCUT2D eigenvalue weighted by Gasteiger charge is 2.35.